The summed E-state index contributed by atoms with van der Waals surface area (Å²) >= 11 is 14.1. The van der Waals surface area contributed by atoms with Crippen molar-refractivity contribution in [1.29, 1.82) is 0 Å². The minimum atomic E-state index is -0.324. The maximum Gasteiger partial charge on any atom is 0.128 e. The molecule has 1 unspecified atom stereocenters. The first-order valence-corrected chi connectivity index (χ1v) is 8.33. The molecule has 0 radical (unpaired) electrons. The molecule has 3 rings (SSSR count). The van der Waals surface area contributed by atoms with Gasteiger partial charge in [-0.3, -0.25) is 0 Å². The predicted octanol–water partition coefficient (Wildman–Crippen LogP) is 5.23. The Hall–Kier alpha value is -1.10. The van der Waals surface area contributed by atoms with Crippen LogP contribution < -0.4 is 0 Å². The fourth-order valence-electron chi connectivity index (χ4n) is 2.55. The van der Waals surface area contributed by atoms with Crippen LogP contribution in [0.5, 0.6) is 0 Å². The van der Waals surface area contributed by atoms with Gasteiger partial charge < -0.3 is 4.57 Å². The molecule has 0 saturated heterocycles. The van der Waals surface area contributed by atoms with Crippen LogP contribution in [-0.2, 0) is 5.54 Å². The number of nitrogens with zero attached hydrogens (tertiary/aromatic N) is 3. The van der Waals surface area contributed by atoms with E-state index in [1.54, 1.807) is 11.3 Å². The molecule has 21 heavy (non-hydrogen) atoms. The molecule has 0 spiro atoms. The molecule has 1 aromatic carbocycles. The van der Waals surface area contributed by atoms with Crippen LogP contribution in [0, 0.1) is 0 Å². The monoisotopic (exact) mass is 339 g/mol. The number of rotatable bonds is 3. The van der Waals surface area contributed by atoms with Crippen LogP contribution in [0.15, 0.2) is 29.8 Å². The molecule has 0 fully saturated rings. The Morgan fingerprint density at radius 1 is 1.33 bits per heavy atom. The van der Waals surface area contributed by atoms with Crippen LogP contribution in [0.3, 0.4) is 0 Å². The first-order chi connectivity index (χ1) is 9.91. The van der Waals surface area contributed by atoms with Gasteiger partial charge in [-0.25, -0.2) is 9.97 Å². The molecular weight excluding hydrogens is 325 g/mol. The molecule has 110 valence electrons. The van der Waals surface area contributed by atoms with Crippen LogP contribution in [0.4, 0.5) is 0 Å². The fourth-order valence-corrected chi connectivity index (χ4v) is 3.61. The minimum Gasteiger partial charge on any atom is -0.314 e. The van der Waals surface area contributed by atoms with E-state index in [9.17, 15) is 0 Å². The second-order valence-electron chi connectivity index (χ2n) is 5.45. The lowest BCUT2D eigenvalue weighted by Crippen LogP contribution is -2.29. The van der Waals surface area contributed by atoms with Gasteiger partial charge in [-0.15, -0.1) is 22.9 Å². The lowest BCUT2D eigenvalue weighted by atomic mass is 10.1. The van der Waals surface area contributed by atoms with Gasteiger partial charge in [0.1, 0.15) is 10.8 Å². The third-order valence-electron chi connectivity index (χ3n) is 3.51. The third-order valence-corrected chi connectivity index (χ3v) is 5.03. The quantitative estimate of drug-likeness (QED) is 0.611. The van der Waals surface area contributed by atoms with Crippen LogP contribution in [0.1, 0.15) is 37.0 Å². The Morgan fingerprint density at radius 3 is 2.71 bits per heavy atom. The number of thiazole rings is 1. The molecule has 3 aromatic rings. The Morgan fingerprint density at radius 2 is 2.10 bits per heavy atom. The van der Waals surface area contributed by atoms with Crippen molar-refractivity contribution in [3.05, 3.63) is 45.6 Å². The number of halogens is 2. The first-order valence-electron chi connectivity index (χ1n) is 6.63. The molecular formula is C15H15Cl2N3S. The van der Waals surface area contributed by atoms with Crippen molar-refractivity contribution in [3.63, 3.8) is 0 Å². The average Bonchev–Trinajstić information content (AvgIpc) is 3.05. The molecule has 0 amide bonds. The number of alkyl halides is 1. The van der Waals surface area contributed by atoms with E-state index in [2.05, 4.69) is 28.4 Å². The van der Waals surface area contributed by atoms with Crippen molar-refractivity contribution in [3.8, 4) is 0 Å². The largest absolute Gasteiger partial charge is 0.314 e. The predicted molar refractivity (Wildman–Crippen MR) is 89.5 cm³/mol. The van der Waals surface area contributed by atoms with E-state index in [4.69, 9.17) is 23.2 Å². The van der Waals surface area contributed by atoms with Gasteiger partial charge in [0.05, 0.1) is 21.9 Å². The summed E-state index contributed by atoms with van der Waals surface area (Å²) in [7, 11) is 0. The first kappa shape index (κ1) is 14.8. The molecule has 0 N–H and O–H groups in total. The number of hydrogen-bond donors (Lipinski definition) is 0. The van der Waals surface area contributed by atoms with Crippen LogP contribution in [0.25, 0.3) is 11.0 Å². The van der Waals surface area contributed by atoms with Gasteiger partial charge in [0.25, 0.3) is 0 Å². The van der Waals surface area contributed by atoms with Crippen molar-refractivity contribution < 1.29 is 0 Å². The van der Waals surface area contributed by atoms with E-state index in [1.165, 1.54) is 0 Å². The van der Waals surface area contributed by atoms with E-state index in [1.807, 2.05) is 36.7 Å². The molecule has 3 nitrogen and oxygen atoms in total. The number of hydrogen-bond acceptors (Lipinski definition) is 3. The summed E-state index contributed by atoms with van der Waals surface area (Å²) in [5, 5.41) is 3.48. The topological polar surface area (TPSA) is 30.7 Å². The average molecular weight is 340 g/mol. The molecule has 1 atom stereocenters. The number of imidazole rings is 1. The van der Waals surface area contributed by atoms with Crippen molar-refractivity contribution in [2.75, 3.05) is 0 Å². The molecule has 6 heteroatoms. The summed E-state index contributed by atoms with van der Waals surface area (Å²) in [4.78, 5) is 9.14. The Kier molecular flexibility index (Phi) is 3.72. The maximum atomic E-state index is 6.35. The van der Waals surface area contributed by atoms with E-state index in [0.717, 1.165) is 21.9 Å². The highest BCUT2D eigenvalue weighted by molar-refractivity contribution is 7.09. The van der Waals surface area contributed by atoms with Crippen molar-refractivity contribution in [1.82, 2.24) is 14.5 Å². The summed E-state index contributed by atoms with van der Waals surface area (Å²) in [5.41, 5.74) is 1.55. The van der Waals surface area contributed by atoms with E-state index >= 15 is 0 Å². The molecule has 0 aliphatic carbocycles. The third kappa shape index (κ3) is 2.45. The number of aromatic nitrogens is 3. The Balaban J connectivity index is 2.32. The van der Waals surface area contributed by atoms with Crippen LogP contribution in [0.2, 0.25) is 5.02 Å². The van der Waals surface area contributed by atoms with E-state index < -0.39 is 0 Å². The van der Waals surface area contributed by atoms with Crippen molar-refractivity contribution in [2.45, 2.75) is 31.7 Å². The van der Waals surface area contributed by atoms with Crippen molar-refractivity contribution in [2.24, 2.45) is 0 Å². The number of benzene rings is 1. The maximum absolute atomic E-state index is 6.35. The molecule has 0 aliphatic rings. The molecule has 2 heterocycles. The Labute approximate surface area is 137 Å². The van der Waals surface area contributed by atoms with Gasteiger partial charge >= 0.3 is 0 Å². The van der Waals surface area contributed by atoms with Gasteiger partial charge in [0, 0.05) is 16.6 Å². The summed E-state index contributed by atoms with van der Waals surface area (Å²) in [5.74, 6) is 0.828. The second kappa shape index (κ2) is 5.27. The zero-order chi connectivity index (χ0) is 15.2. The van der Waals surface area contributed by atoms with Gasteiger partial charge in [0.15, 0.2) is 0 Å². The van der Waals surface area contributed by atoms with Gasteiger partial charge in [-0.05, 0) is 39.0 Å². The second-order valence-corrected chi connectivity index (χ2v) is 7.44. The van der Waals surface area contributed by atoms with Crippen LogP contribution >= 0.6 is 34.5 Å². The van der Waals surface area contributed by atoms with Gasteiger partial charge in [-0.2, -0.15) is 0 Å². The lowest BCUT2D eigenvalue weighted by Gasteiger charge is -2.28. The molecule has 0 bridgehead atoms. The SMILES string of the molecule is CC(Cl)c1nc2cc(Cl)ccc2n1C(C)(C)c1nccs1. The van der Waals surface area contributed by atoms with E-state index in [-0.39, 0.29) is 10.9 Å². The zero-order valence-corrected chi connectivity index (χ0v) is 14.3. The fraction of sp³-hybridized carbons (Fsp3) is 0.333. The van der Waals surface area contributed by atoms with Gasteiger partial charge in [-0.1, -0.05) is 11.6 Å². The standard InChI is InChI=1S/C15H15Cl2N3S/c1-9(16)13-19-11-8-10(17)4-5-12(11)20(13)15(2,3)14-18-6-7-21-14/h4-9H,1-3H3. The summed E-state index contributed by atoms with van der Waals surface area (Å²) in [6.45, 7) is 6.19. The highest BCUT2D eigenvalue weighted by atomic mass is 35.5. The van der Waals surface area contributed by atoms with Crippen LogP contribution in [-0.4, -0.2) is 14.5 Å². The Bertz CT molecular complexity index is 776. The normalized spacial score (nSPS) is 13.8. The zero-order valence-electron chi connectivity index (χ0n) is 12.0. The lowest BCUT2D eigenvalue weighted by molar-refractivity contribution is 0.429. The highest BCUT2D eigenvalue weighted by Crippen LogP contribution is 2.36. The number of fused-ring (bicyclic) bond motifs is 1. The summed E-state index contributed by atoms with van der Waals surface area (Å²) in [6.07, 6.45) is 1.82. The smallest absolute Gasteiger partial charge is 0.128 e. The van der Waals surface area contributed by atoms with Crippen molar-refractivity contribution >= 4 is 45.6 Å². The highest BCUT2D eigenvalue weighted by Gasteiger charge is 2.31. The summed E-state index contributed by atoms with van der Waals surface area (Å²) in [6, 6.07) is 5.74. The molecule has 2 aromatic heterocycles. The minimum absolute atomic E-state index is 0.199. The summed E-state index contributed by atoms with van der Waals surface area (Å²) < 4.78 is 2.16. The van der Waals surface area contributed by atoms with Gasteiger partial charge in [0.2, 0.25) is 0 Å². The molecule has 0 aliphatic heterocycles. The molecule has 0 saturated carbocycles. The van der Waals surface area contributed by atoms with E-state index in [0.29, 0.717) is 5.02 Å².